The molecular weight excluding hydrogens is 392 g/mol. The van der Waals surface area contributed by atoms with Gasteiger partial charge in [-0.2, -0.15) is 0 Å². The molecule has 2 aliphatic heterocycles. The minimum Gasteiger partial charge on any atom is -0.482 e. The van der Waals surface area contributed by atoms with Gasteiger partial charge in [0.05, 0.1) is 5.69 Å². The normalized spacial score (nSPS) is 20.0. The van der Waals surface area contributed by atoms with Gasteiger partial charge in [-0.05, 0) is 48.5 Å². The van der Waals surface area contributed by atoms with Gasteiger partial charge in [-0.25, -0.2) is 0 Å². The molecule has 0 fully saturated rings. The smallest absolute Gasteiger partial charge is 0.262 e. The quantitative estimate of drug-likeness (QED) is 0.682. The number of nitrogens with zero attached hydrogens (tertiary/aromatic N) is 1. The largest absolute Gasteiger partial charge is 0.482 e. The Balaban J connectivity index is 1.72. The minimum absolute atomic E-state index is 0.0607. The van der Waals surface area contributed by atoms with Crippen LogP contribution < -0.4 is 15.0 Å². The highest BCUT2D eigenvalue weighted by Gasteiger charge is 2.50. The van der Waals surface area contributed by atoms with Crippen molar-refractivity contribution in [2.24, 2.45) is 0 Å². The molecule has 0 aromatic heterocycles. The third-order valence-corrected chi connectivity index (χ3v) is 5.41. The summed E-state index contributed by atoms with van der Waals surface area (Å²) < 4.78 is 5.41. The summed E-state index contributed by atoms with van der Waals surface area (Å²) in [5.41, 5.74) is 0.469. The average molecular weight is 407 g/mol. The van der Waals surface area contributed by atoms with Gasteiger partial charge >= 0.3 is 0 Å². The van der Waals surface area contributed by atoms with E-state index in [1.807, 2.05) is 0 Å². The lowest BCUT2D eigenvalue weighted by Gasteiger charge is -2.35. The van der Waals surface area contributed by atoms with Crippen LogP contribution in [-0.4, -0.2) is 23.5 Å². The van der Waals surface area contributed by atoms with Crippen LogP contribution in [0.5, 0.6) is 5.75 Å². The first-order valence-corrected chi connectivity index (χ1v) is 9.35. The zero-order chi connectivity index (χ0) is 20.2. The number of rotatable bonds is 2. The van der Waals surface area contributed by atoms with Crippen molar-refractivity contribution in [1.82, 2.24) is 0 Å². The molecule has 2 heterocycles. The Hall–Kier alpha value is -3.35. The Morgan fingerprint density at radius 1 is 1.03 bits per heavy atom. The molecule has 1 unspecified atom stereocenters. The van der Waals surface area contributed by atoms with Crippen molar-refractivity contribution in [1.29, 1.82) is 0 Å². The topological polar surface area (TPSA) is 78.9 Å². The molecule has 2 aliphatic rings. The predicted molar refractivity (Wildman–Crippen MR) is 108 cm³/mol. The number of carbonyl (C=O) groups excluding carboxylic acids is 2. The predicted octanol–water partition coefficient (Wildman–Crippen LogP) is 3.52. The maximum atomic E-state index is 13.3. The molecule has 0 saturated heterocycles. The Morgan fingerprint density at radius 3 is 2.59 bits per heavy atom. The van der Waals surface area contributed by atoms with Crippen molar-refractivity contribution < 1.29 is 19.4 Å². The highest BCUT2D eigenvalue weighted by molar-refractivity contribution is 6.30. The van der Waals surface area contributed by atoms with Crippen molar-refractivity contribution in [3.8, 4) is 5.75 Å². The molecule has 0 aliphatic carbocycles. The molecule has 2 N–H and O–H groups in total. The summed E-state index contributed by atoms with van der Waals surface area (Å²) >= 11 is 6.00. The first-order valence-electron chi connectivity index (χ1n) is 8.97. The van der Waals surface area contributed by atoms with Crippen LogP contribution in [0.3, 0.4) is 0 Å². The lowest BCUT2D eigenvalue weighted by Crippen LogP contribution is -2.45. The van der Waals surface area contributed by atoms with E-state index < -0.39 is 5.72 Å². The van der Waals surface area contributed by atoms with Crippen molar-refractivity contribution in [3.05, 3.63) is 88.4 Å². The van der Waals surface area contributed by atoms with Crippen molar-refractivity contribution in [2.75, 3.05) is 16.8 Å². The summed E-state index contributed by atoms with van der Waals surface area (Å²) in [6.45, 7) is -0.0607. The lowest BCUT2D eigenvalue weighted by atomic mass is 9.93. The van der Waals surface area contributed by atoms with Crippen LogP contribution in [-0.2, 0) is 10.5 Å². The fourth-order valence-electron chi connectivity index (χ4n) is 3.84. The number of ether oxygens (including phenoxy) is 1. The molecule has 3 aromatic carbocycles. The van der Waals surface area contributed by atoms with Crippen molar-refractivity contribution in [3.63, 3.8) is 0 Å². The van der Waals surface area contributed by atoms with E-state index in [-0.39, 0.29) is 18.4 Å². The Kier molecular flexibility index (Phi) is 3.87. The molecule has 0 radical (unpaired) electrons. The number of halogens is 1. The number of anilines is 2. The van der Waals surface area contributed by atoms with Gasteiger partial charge < -0.3 is 15.2 Å². The number of hydrogen-bond acceptors (Lipinski definition) is 4. The molecule has 144 valence electrons. The highest BCUT2D eigenvalue weighted by atomic mass is 35.5. The summed E-state index contributed by atoms with van der Waals surface area (Å²) in [5, 5.41) is 15.2. The van der Waals surface area contributed by atoms with Crippen LogP contribution in [0.1, 0.15) is 21.5 Å². The van der Waals surface area contributed by atoms with E-state index in [1.54, 1.807) is 66.7 Å². The number of hydrogen-bond donors (Lipinski definition) is 2. The zero-order valence-corrected chi connectivity index (χ0v) is 15.8. The number of carbonyl (C=O) groups is 2. The summed E-state index contributed by atoms with van der Waals surface area (Å²) in [7, 11) is 0. The number of nitrogens with one attached hydrogen (secondary N) is 1. The van der Waals surface area contributed by atoms with Gasteiger partial charge in [0.15, 0.2) is 12.3 Å². The van der Waals surface area contributed by atoms with Gasteiger partial charge in [-0.15, -0.1) is 0 Å². The van der Waals surface area contributed by atoms with Crippen LogP contribution in [0, 0.1) is 0 Å². The van der Waals surface area contributed by atoms with Gasteiger partial charge in [0.25, 0.3) is 11.8 Å². The van der Waals surface area contributed by atoms with Gasteiger partial charge in [0, 0.05) is 27.4 Å². The minimum atomic E-state index is -1.77. The Bertz CT molecular complexity index is 1160. The van der Waals surface area contributed by atoms with Crippen LogP contribution in [0.4, 0.5) is 11.4 Å². The van der Waals surface area contributed by atoms with Crippen LogP contribution >= 0.6 is 11.6 Å². The molecule has 0 bridgehead atoms. The van der Waals surface area contributed by atoms with Crippen LogP contribution in [0.25, 0.3) is 0 Å². The van der Waals surface area contributed by atoms with Crippen molar-refractivity contribution >= 4 is 34.8 Å². The van der Waals surface area contributed by atoms with Crippen LogP contribution in [0.15, 0.2) is 66.7 Å². The molecular formula is C22H15ClN2O4. The van der Waals surface area contributed by atoms with Gasteiger partial charge in [0.1, 0.15) is 5.75 Å². The Labute approximate surface area is 171 Å². The SMILES string of the molecule is O=C1COc2ccc(C3(O)c4ccccc4C(=O)N3c3ccc(Cl)cc3)cc2N1. The molecule has 6 nitrogen and oxygen atoms in total. The summed E-state index contributed by atoms with van der Waals surface area (Å²) in [5.74, 6) is -0.102. The Morgan fingerprint density at radius 2 is 1.79 bits per heavy atom. The summed E-state index contributed by atoms with van der Waals surface area (Å²) in [6, 6.07) is 18.6. The number of benzene rings is 3. The molecule has 7 heteroatoms. The summed E-state index contributed by atoms with van der Waals surface area (Å²) in [6.07, 6.45) is 0. The fourth-order valence-corrected chi connectivity index (χ4v) is 3.97. The molecule has 0 spiro atoms. The maximum absolute atomic E-state index is 13.3. The molecule has 2 amide bonds. The van der Waals surface area contributed by atoms with Gasteiger partial charge in [-0.1, -0.05) is 29.8 Å². The van der Waals surface area contributed by atoms with Crippen LogP contribution in [0.2, 0.25) is 5.02 Å². The van der Waals surface area contributed by atoms with Gasteiger partial charge in [0.2, 0.25) is 0 Å². The second-order valence-corrected chi connectivity index (χ2v) is 7.32. The maximum Gasteiger partial charge on any atom is 0.262 e. The van der Waals surface area contributed by atoms with E-state index in [4.69, 9.17) is 16.3 Å². The summed E-state index contributed by atoms with van der Waals surface area (Å²) in [4.78, 5) is 26.3. The first-order chi connectivity index (χ1) is 14.0. The number of fused-ring (bicyclic) bond motifs is 2. The number of amides is 2. The average Bonchev–Trinajstić information content (AvgIpc) is 2.97. The van der Waals surface area contributed by atoms with Crippen molar-refractivity contribution in [2.45, 2.75) is 5.72 Å². The second kappa shape index (κ2) is 6.34. The second-order valence-electron chi connectivity index (χ2n) is 6.88. The van der Waals surface area contributed by atoms with Gasteiger partial charge in [-0.3, -0.25) is 14.5 Å². The van der Waals surface area contributed by atoms with E-state index >= 15 is 0 Å². The molecule has 1 atom stereocenters. The van der Waals surface area contributed by atoms with E-state index in [0.29, 0.717) is 38.8 Å². The number of aliphatic hydroxyl groups is 1. The van der Waals surface area contributed by atoms with E-state index in [1.165, 1.54) is 4.90 Å². The highest BCUT2D eigenvalue weighted by Crippen LogP contribution is 2.46. The van der Waals surface area contributed by atoms with E-state index in [2.05, 4.69) is 5.32 Å². The first kappa shape index (κ1) is 17.7. The molecule has 0 saturated carbocycles. The third-order valence-electron chi connectivity index (χ3n) is 5.16. The monoisotopic (exact) mass is 406 g/mol. The third kappa shape index (κ3) is 2.61. The molecule has 5 rings (SSSR count). The van der Waals surface area contributed by atoms with E-state index in [9.17, 15) is 14.7 Å². The zero-order valence-electron chi connectivity index (χ0n) is 15.1. The lowest BCUT2D eigenvalue weighted by molar-refractivity contribution is -0.118. The molecule has 3 aromatic rings. The molecule has 29 heavy (non-hydrogen) atoms. The van der Waals surface area contributed by atoms with E-state index in [0.717, 1.165) is 0 Å². The fraction of sp³-hybridized carbons (Fsp3) is 0.0909. The standard InChI is InChI=1S/C22H15ClN2O4/c23-14-6-8-15(9-7-14)25-21(27)16-3-1-2-4-17(16)22(25,28)13-5-10-19-18(11-13)24-20(26)12-29-19/h1-11,28H,12H2,(H,24,26).